The Kier molecular flexibility index (Phi) is 4.58. The number of fused-ring (bicyclic) bond motifs is 1. The molecule has 0 fully saturated rings. The summed E-state index contributed by atoms with van der Waals surface area (Å²) < 4.78 is 0. The van der Waals surface area contributed by atoms with E-state index in [0.717, 1.165) is 4.90 Å². The van der Waals surface area contributed by atoms with Crippen molar-refractivity contribution in [2.24, 2.45) is 0 Å². The predicted molar refractivity (Wildman–Crippen MR) is 98.5 cm³/mol. The first-order valence-electron chi connectivity index (χ1n) is 6.16. The van der Waals surface area contributed by atoms with Crippen LogP contribution >= 0.6 is 69.6 Å². The van der Waals surface area contributed by atoms with Crippen LogP contribution < -0.4 is 10.6 Å². The fraction of sp³-hybridized carbons (Fsp3) is 0. The number of hydrogen-bond donors (Lipinski definition) is 1. The number of carbonyl (C=O) groups is 2. The third-order valence-corrected chi connectivity index (χ3v) is 5.85. The van der Waals surface area contributed by atoms with E-state index in [4.69, 9.17) is 75.3 Å². The van der Waals surface area contributed by atoms with Gasteiger partial charge >= 0.3 is 0 Å². The van der Waals surface area contributed by atoms with Gasteiger partial charge in [0.2, 0.25) is 0 Å². The Bertz CT molecular complexity index is 874. The number of halogens is 6. The van der Waals surface area contributed by atoms with Crippen molar-refractivity contribution in [3.05, 3.63) is 53.4 Å². The molecule has 0 atom stereocenters. The molecule has 1 heterocycles. The molecule has 3 rings (SSSR count). The topological polar surface area (TPSA) is 63.4 Å². The summed E-state index contributed by atoms with van der Waals surface area (Å²) in [6, 6.07) is 2.66. The summed E-state index contributed by atoms with van der Waals surface area (Å²) >= 11 is 36.0. The lowest BCUT2D eigenvalue weighted by Gasteiger charge is -2.15. The minimum absolute atomic E-state index is 0.0855. The zero-order chi connectivity index (χ0) is 17.9. The standard InChI is InChI=1S/C14H4Cl6N2O2/c15-4-1-3(2-5(16)12(4)21)22-13(23)6-7(14(22)24)9(18)11(20)10(19)8(6)17/h1-2H,21H2. The van der Waals surface area contributed by atoms with Crippen LogP contribution in [-0.4, -0.2) is 11.8 Å². The Morgan fingerprint density at radius 2 is 1.08 bits per heavy atom. The van der Waals surface area contributed by atoms with Gasteiger partial charge in [-0.1, -0.05) is 69.6 Å². The molecule has 0 radical (unpaired) electrons. The molecule has 2 N–H and O–H groups in total. The van der Waals surface area contributed by atoms with Crippen molar-refractivity contribution in [2.75, 3.05) is 10.6 Å². The molecule has 10 heteroatoms. The molecule has 0 unspecified atom stereocenters. The Balaban J connectivity index is 2.26. The summed E-state index contributed by atoms with van der Waals surface area (Å²) in [5, 5.41) is -0.370. The molecular weight excluding hydrogens is 441 g/mol. The van der Waals surface area contributed by atoms with Gasteiger partial charge in [-0.2, -0.15) is 0 Å². The molecule has 124 valence electrons. The van der Waals surface area contributed by atoms with Gasteiger partial charge in [0.25, 0.3) is 11.8 Å². The Morgan fingerprint density at radius 3 is 1.46 bits per heavy atom. The van der Waals surface area contributed by atoms with Gasteiger partial charge in [-0.25, -0.2) is 4.90 Å². The van der Waals surface area contributed by atoms with Crippen LogP contribution in [0.5, 0.6) is 0 Å². The molecular formula is C14H4Cl6N2O2. The molecule has 0 aliphatic carbocycles. The number of rotatable bonds is 1. The van der Waals surface area contributed by atoms with E-state index >= 15 is 0 Å². The lowest BCUT2D eigenvalue weighted by atomic mass is 10.1. The zero-order valence-corrected chi connectivity index (χ0v) is 15.8. The second-order valence-electron chi connectivity index (χ2n) is 4.77. The summed E-state index contributed by atoms with van der Waals surface area (Å²) in [5.74, 6) is -1.45. The second kappa shape index (κ2) is 6.13. The summed E-state index contributed by atoms with van der Waals surface area (Å²) in [5.41, 5.74) is 5.63. The van der Waals surface area contributed by atoms with Crippen molar-refractivity contribution in [1.82, 2.24) is 0 Å². The predicted octanol–water partition coefficient (Wildman–Crippen LogP) is 5.99. The first kappa shape index (κ1) is 17.9. The van der Waals surface area contributed by atoms with Crippen molar-refractivity contribution in [2.45, 2.75) is 0 Å². The molecule has 0 saturated heterocycles. The average Bonchev–Trinajstić information content (AvgIpc) is 2.79. The van der Waals surface area contributed by atoms with E-state index in [-0.39, 0.29) is 52.6 Å². The van der Waals surface area contributed by atoms with Crippen LogP contribution in [0.1, 0.15) is 20.7 Å². The van der Waals surface area contributed by atoms with Crippen LogP contribution in [0.3, 0.4) is 0 Å². The minimum Gasteiger partial charge on any atom is -0.396 e. The number of amides is 2. The highest BCUT2D eigenvalue weighted by atomic mass is 35.5. The van der Waals surface area contributed by atoms with Crippen molar-refractivity contribution in [1.29, 1.82) is 0 Å². The molecule has 1 aliphatic heterocycles. The maximum absolute atomic E-state index is 12.7. The zero-order valence-electron chi connectivity index (χ0n) is 11.3. The molecule has 0 spiro atoms. The van der Waals surface area contributed by atoms with Gasteiger partial charge in [-0.05, 0) is 12.1 Å². The van der Waals surface area contributed by atoms with Crippen LogP contribution in [0.15, 0.2) is 12.1 Å². The Hall–Kier alpha value is -0.880. The smallest absolute Gasteiger partial charge is 0.267 e. The van der Waals surface area contributed by atoms with Gasteiger partial charge in [0.15, 0.2) is 0 Å². The largest absolute Gasteiger partial charge is 0.396 e. The molecule has 24 heavy (non-hydrogen) atoms. The van der Waals surface area contributed by atoms with E-state index in [1.165, 1.54) is 12.1 Å². The van der Waals surface area contributed by atoms with Crippen LogP contribution in [0, 0.1) is 0 Å². The first-order chi connectivity index (χ1) is 11.2. The average molecular weight is 445 g/mol. The fourth-order valence-electron chi connectivity index (χ4n) is 2.28. The molecule has 4 nitrogen and oxygen atoms in total. The van der Waals surface area contributed by atoms with Crippen molar-refractivity contribution >= 4 is 92.8 Å². The highest BCUT2D eigenvalue weighted by Crippen LogP contribution is 2.46. The quantitative estimate of drug-likeness (QED) is 0.254. The molecule has 2 aromatic carbocycles. The van der Waals surface area contributed by atoms with E-state index in [9.17, 15) is 9.59 Å². The summed E-state index contributed by atoms with van der Waals surface area (Å²) in [6.45, 7) is 0. The lowest BCUT2D eigenvalue weighted by molar-refractivity contribution is 0.0926. The second-order valence-corrected chi connectivity index (χ2v) is 7.10. The summed E-state index contributed by atoms with van der Waals surface area (Å²) in [6.07, 6.45) is 0. The number of benzene rings is 2. The van der Waals surface area contributed by atoms with Crippen molar-refractivity contribution in [3.63, 3.8) is 0 Å². The molecule has 0 saturated carbocycles. The highest BCUT2D eigenvalue weighted by molar-refractivity contribution is 6.56. The molecule has 0 bridgehead atoms. The van der Waals surface area contributed by atoms with E-state index in [2.05, 4.69) is 0 Å². The SMILES string of the molecule is Nc1c(Cl)cc(N2C(=O)c3c(Cl)c(Cl)c(Cl)c(Cl)c3C2=O)cc1Cl. The Labute approximate surface area is 165 Å². The fourth-order valence-corrected chi connectivity index (χ4v) is 3.77. The van der Waals surface area contributed by atoms with E-state index in [1.807, 2.05) is 0 Å². The van der Waals surface area contributed by atoms with Gasteiger partial charge in [-0.15, -0.1) is 0 Å². The van der Waals surface area contributed by atoms with Crippen LogP contribution in [-0.2, 0) is 0 Å². The van der Waals surface area contributed by atoms with Crippen LogP contribution in [0.25, 0.3) is 0 Å². The number of carbonyl (C=O) groups excluding carboxylic acids is 2. The van der Waals surface area contributed by atoms with Crippen molar-refractivity contribution < 1.29 is 9.59 Å². The number of anilines is 2. The maximum Gasteiger partial charge on any atom is 0.267 e. The molecule has 0 aromatic heterocycles. The van der Waals surface area contributed by atoms with Crippen LogP contribution in [0.2, 0.25) is 30.1 Å². The third-order valence-electron chi connectivity index (χ3n) is 3.42. The molecule has 2 amide bonds. The number of hydrogen-bond acceptors (Lipinski definition) is 3. The van der Waals surface area contributed by atoms with Gasteiger partial charge in [0.1, 0.15) is 0 Å². The van der Waals surface area contributed by atoms with Gasteiger partial charge in [0, 0.05) is 0 Å². The van der Waals surface area contributed by atoms with Gasteiger partial charge in [-0.3, -0.25) is 9.59 Å². The number of imide groups is 1. The first-order valence-corrected chi connectivity index (χ1v) is 8.42. The summed E-state index contributed by atoms with van der Waals surface area (Å²) in [7, 11) is 0. The van der Waals surface area contributed by atoms with Crippen molar-refractivity contribution in [3.8, 4) is 0 Å². The summed E-state index contributed by atoms with van der Waals surface area (Å²) in [4.78, 5) is 26.2. The molecule has 1 aliphatic rings. The minimum atomic E-state index is -0.725. The normalized spacial score (nSPS) is 13.7. The van der Waals surface area contributed by atoms with E-state index in [0.29, 0.717) is 0 Å². The van der Waals surface area contributed by atoms with Gasteiger partial charge < -0.3 is 5.73 Å². The third kappa shape index (κ3) is 2.45. The molecule has 2 aromatic rings. The van der Waals surface area contributed by atoms with Gasteiger partial charge in [0.05, 0.1) is 52.6 Å². The highest BCUT2D eigenvalue weighted by Gasteiger charge is 2.42. The number of nitrogens with two attached hydrogens (primary N) is 1. The number of nitrogen functional groups attached to an aromatic ring is 1. The van der Waals surface area contributed by atoms with E-state index < -0.39 is 11.8 Å². The Morgan fingerprint density at radius 1 is 0.708 bits per heavy atom. The van der Waals surface area contributed by atoms with Crippen LogP contribution in [0.4, 0.5) is 11.4 Å². The maximum atomic E-state index is 12.7. The number of nitrogens with zero attached hydrogens (tertiary/aromatic N) is 1. The lowest BCUT2D eigenvalue weighted by Crippen LogP contribution is -2.29. The monoisotopic (exact) mass is 442 g/mol. The van der Waals surface area contributed by atoms with E-state index in [1.54, 1.807) is 0 Å².